The Hall–Kier alpha value is -1.39. The molecule has 0 N–H and O–H groups in total. The fraction of sp³-hybridized carbons (Fsp3) is 0.500. The van der Waals surface area contributed by atoms with Gasteiger partial charge in [-0.3, -0.25) is 0 Å². The Bertz CT molecular complexity index is 414. The van der Waals surface area contributed by atoms with Crippen LogP contribution in [0.15, 0.2) is 18.2 Å². The average molecular weight is 250 g/mol. The van der Waals surface area contributed by atoms with E-state index in [4.69, 9.17) is 14.2 Å². The molecule has 0 saturated carbocycles. The molecule has 0 fully saturated rings. The van der Waals surface area contributed by atoms with E-state index < -0.39 is 0 Å². The Morgan fingerprint density at radius 2 is 1.89 bits per heavy atom. The highest BCUT2D eigenvalue weighted by molar-refractivity contribution is 5.91. The van der Waals surface area contributed by atoms with Crippen LogP contribution < -0.4 is 0 Å². The van der Waals surface area contributed by atoms with Crippen molar-refractivity contribution >= 4 is 5.97 Å². The predicted octanol–water partition coefficient (Wildman–Crippen LogP) is 2.30. The van der Waals surface area contributed by atoms with E-state index in [0.717, 1.165) is 30.6 Å². The number of carbonyl (C=O) groups excluding carboxylic acids is 1. The summed E-state index contributed by atoms with van der Waals surface area (Å²) in [7, 11) is 1.39. The molecule has 0 spiro atoms. The zero-order valence-corrected chi connectivity index (χ0v) is 10.6. The summed E-state index contributed by atoms with van der Waals surface area (Å²) >= 11 is 0. The van der Waals surface area contributed by atoms with E-state index >= 15 is 0 Å². The molecule has 2 heterocycles. The summed E-state index contributed by atoms with van der Waals surface area (Å²) in [5, 5.41) is 0. The van der Waals surface area contributed by atoms with Gasteiger partial charge in [0.15, 0.2) is 0 Å². The second-order valence-corrected chi connectivity index (χ2v) is 4.30. The summed E-state index contributed by atoms with van der Waals surface area (Å²) in [4.78, 5) is 11.7. The van der Waals surface area contributed by atoms with E-state index in [9.17, 15) is 4.79 Å². The Labute approximate surface area is 107 Å². The van der Waals surface area contributed by atoms with Gasteiger partial charge in [-0.1, -0.05) is 12.1 Å². The van der Waals surface area contributed by atoms with Gasteiger partial charge in [0.05, 0.1) is 25.9 Å². The van der Waals surface area contributed by atoms with Crippen molar-refractivity contribution in [3.63, 3.8) is 0 Å². The first-order chi connectivity index (χ1) is 8.81. The molecule has 18 heavy (non-hydrogen) atoms. The van der Waals surface area contributed by atoms with Gasteiger partial charge in [-0.2, -0.15) is 0 Å². The van der Waals surface area contributed by atoms with Crippen LogP contribution in [0.4, 0.5) is 0 Å². The third kappa shape index (κ3) is 3.31. The zero-order valence-electron chi connectivity index (χ0n) is 10.6. The van der Waals surface area contributed by atoms with Crippen molar-refractivity contribution < 1.29 is 19.0 Å². The minimum absolute atomic E-state index is 0.326. The summed E-state index contributed by atoms with van der Waals surface area (Å²) in [6.07, 6.45) is 1.98. The minimum Gasteiger partial charge on any atom is -0.465 e. The lowest BCUT2D eigenvalue weighted by molar-refractivity contribution is 0.0586. The maximum atomic E-state index is 11.7. The first-order valence-electron chi connectivity index (χ1n) is 6.17. The lowest BCUT2D eigenvalue weighted by atomic mass is 10.0. The fourth-order valence-electron chi connectivity index (χ4n) is 1.92. The first kappa shape index (κ1) is 13.1. The van der Waals surface area contributed by atoms with E-state index in [1.54, 1.807) is 0 Å². The van der Waals surface area contributed by atoms with Gasteiger partial charge in [0.25, 0.3) is 0 Å². The molecule has 2 aliphatic rings. The molecular formula is C14H18O4. The zero-order chi connectivity index (χ0) is 12.8. The van der Waals surface area contributed by atoms with Gasteiger partial charge in [-0.05, 0) is 30.0 Å². The fourth-order valence-corrected chi connectivity index (χ4v) is 1.92. The maximum Gasteiger partial charge on any atom is 0.338 e. The molecule has 98 valence electrons. The monoisotopic (exact) mass is 250 g/mol. The van der Waals surface area contributed by atoms with Crippen LogP contribution in [0.3, 0.4) is 0 Å². The normalized spacial score (nSPS) is 16.7. The highest BCUT2D eigenvalue weighted by atomic mass is 16.5. The van der Waals surface area contributed by atoms with E-state index in [0.29, 0.717) is 25.4 Å². The van der Waals surface area contributed by atoms with Gasteiger partial charge < -0.3 is 14.2 Å². The van der Waals surface area contributed by atoms with Crippen molar-refractivity contribution in [1.82, 2.24) is 0 Å². The molecule has 1 aromatic rings. The number of rotatable bonds is 1. The number of fused-ring (bicyclic) bond motifs is 9. The van der Waals surface area contributed by atoms with E-state index in [2.05, 4.69) is 0 Å². The van der Waals surface area contributed by atoms with Crippen LogP contribution in [-0.4, -0.2) is 26.3 Å². The molecule has 0 unspecified atom stereocenters. The number of ether oxygens (including phenoxy) is 3. The molecule has 0 aliphatic carbocycles. The molecule has 4 nitrogen and oxygen atoms in total. The van der Waals surface area contributed by atoms with Gasteiger partial charge in [0.1, 0.15) is 0 Å². The number of hydrogen-bond donors (Lipinski definition) is 0. The number of carbonyl (C=O) groups is 1. The molecule has 0 aromatic heterocycles. The van der Waals surface area contributed by atoms with Crippen molar-refractivity contribution in [2.75, 3.05) is 20.3 Å². The highest BCUT2D eigenvalue weighted by Gasteiger charge is 2.13. The summed E-state index contributed by atoms with van der Waals surface area (Å²) in [5.74, 6) is -0.326. The van der Waals surface area contributed by atoms with Crippen LogP contribution in [-0.2, 0) is 27.4 Å². The van der Waals surface area contributed by atoms with Crippen molar-refractivity contribution in [2.24, 2.45) is 0 Å². The summed E-state index contributed by atoms with van der Waals surface area (Å²) in [6, 6.07) is 5.70. The third-order valence-corrected chi connectivity index (χ3v) is 2.93. The van der Waals surface area contributed by atoms with Gasteiger partial charge in [0, 0.05) is 13.2 Å². The third-order valence-electron chi connectivity index (χ3n) is 2.93. The molecule has 4 heteroatoms. The highest BCUT2D eigenvalue weighted by Crippen LogP contribution is 2.16. The largest absolute Gasteiger partial charge is 0.465 e. The smallest absolute Gasteiger partial charge is 0.338 e. The van der Waals surface area contributed by atoms with Crippen LogP contribution in [0.1, 0.15) is 34.3 Å². The van der Waals surface area contributed by atoms with E-state index in [-0.39, 0.29) is 5.97 Å². The van der Waals surface area contributed by atoms with Crippen LogP contribution in [0, 0.1) is 0 Å². The lowest BCUT2D eigenvalue weighted by Crippen LogP contribution is -2.10. The van der Waals surface area contributed by atoms with Gasteiger partial charge in [-0.25, -0.2) is 4.79 Å². The Balaban J connectivity index is 2.26. The molecule has 1 aromatic carbocycles. The van der Waals surface area contributed by atoms with Gasteiger partial charge in [0.2, 0.25) is 0 Å². The van der Waals surface area contributed by atoms with Crippen LogP contribution >= 0.6 is 0 Å². The number of methoxy groups -OCH3 is 1. The summed E-state index contributed by atoms with van der Waals surface area (Å²) in [5.41, 5.74) is 2.42. The van der Waals surface area contributed by atoms with Crippen molar-refractivity contribution in [3.05, 3.63) is 34.9 Å². The van der Waals surface area contributed by atoms with Crippen LogP contribution in [0.2, 0.25) is 0 Å². The quantitative estimate of drug-likeness (QED) is 0.717. The van der Waals surface area contributed by atoms with E-state index in [1.165, 1.54) is 7.11 Å². The second kappa shape index (κ2) is 6.52. The Kier molecular flexibility index (Phi) is 4.73. The number of benzene rings is 1. The standard InChI is InChI=1S/C14H18O4/c1-16-14(15)13-8-11-4-5-12(13)10-18-7-3-2-6-17-9-11/h4-5,8H,2-3,6-7,9-10H2,1H3. The Morgan fingerprint density at radius 1 is 1.17 bits per heavy atom. The number of esters is 1. The lowest BCUT2D eigenvalue weighted by Gasteiger charge is -2.13. The van der Waals surface area contributed by atoms with E-state index in [1.807, 2.05) is 18.2 Å². The SMILES string of the molecule is COC(=O)c1cc2ccc1COCCCCOC2. The van der Waals surface area contributed by atoms with Crippen LogP contribution in [0.25, 0.3) is 0 Å². The maximum absolute atomic E-state index is 11.7. The van der Waals surface area contributed by atoms with Crippen molar-refractivity contribution in [1.29, 1.82) is 0 Å². The topological polar surface area (TPSA) is 44.8 Å². The molecule has 0 saturated heterocycles. The molecule has 0 atom stereocenters. The molecular weight excluding hydrogens is 232 g/mol. The average Bonchev–Trinajstić information content (AvgIpc) is 2.39. The molecule has 0 radical (unpaired) electrons. The predicted molar refractivity (Wildman–Crippen MR) is 66.3 cm³/mol. The number of hydrogen-bond acceptors (Lipinski definition) is 4. The Morgan fingerprint density at radius 3 is 2.61 bits per heavy atom. The van der Waals surface area contributed by atoms with Crippen molar-refractivity contribution in [3.8, 4) is 0 Å². The first-order valence-corrected chi connectivity index (χ1v) is 6.17. The molecule has 2 bridgehead atoms. The summed E-state index contributed by atoms with van der Waals surface area (Å²) < 4.78 is 15.9. The van der Waals surface area contributed by atoms with Gasteiger partial charge in [-0.15, -0.1) is 0 Å². The summed E-state index contributed by atoms with van der Waals surface area (Å²) in [6.45, 7) is 2.39. The van der Waals surface area contributed by atoms with Crippen molar-refractivity contribution in [2.45, 2.75) is 26.1 Å². The minimum atomic E-state index is -0.326. The van der Waals surface area contributed by atoms with Crippen LogP contribution in [0.5, 0.6) is 0 Å². The molecule has 0 amide bonds. The molecule has 2 aliphatic heterocycles. The molecule has 3 rings (SSSR count). The van der Waals surface area contributed by atoms with Gasteiger partial charge >= 0.3 is 5.97 Å². The second-order valence-electron chi connectivity index (χ2n) is 4.30.